The van der Waals surface area contributed by atoms with Crippen molar-refractivity contribution in [3.05, 3.63) is 70.8 Å². The number of likely N-dealkylation sites (tertiary alicyclic amines) is 1. The van der Waals surface area contributed by atoms with Crippen molar-refractivity contribution < 1.29 is 9.59 Å². The maximum Gasteiger partial charge on any atom is 0.282 e. The van der Waals surface area contributed by atoms with Crippen LogP contribution in [0.25, 0.3) is 11.3 Å². The van der Waals surface area contributed by atoms with Gasteiger partial charge in [0.05, 0.1) is 5.69 Å². The highest BCUT2D eigenvalue weighted by molar-refractivity contribution is 7.11. The number of thiazole rings is 1. The van der Waals surface area contributed by atoms with Crippen molar-refractivity contribution in [3.63, 3.8) is 0 Å². The van der Waals surface area contributed by atoms with E-state index < -0.39 is 0 Å². The summed E-state index contributed by atoms with van der Waals surface area (Å²) in [5.74, 6) is 0.0828. The Balaban J connectivity index is 1.15. The molecule has 0 saturated carbocycles. The molecule has 2 saturated heterocycles. The largest absolute Gasteiger partial charge is 0.335 e. The number of aromatic nitrogens is 2. The number of hydrogen-bond donors (Lipinski definition) is 0. The highest BCUT2D eigenvalue weighted by atomic mass is 32.1. The smallest absolute Gasteiger partial charge is 0.282 e. The molecule has 0 radical (unpaired) electrons. The Morgan fingerprint density at radius 2 is 1.71 bits per heavy atom. The highest BCUT2D eigenvalue weighted by Crippen LogP contribution is 2.23. The van der Waals surface area contributed by atoms with E-state index in [0.717, 1.165) is 37.4 Å². The van der Waals surface area contributed by atoms with Gasteiger partial charge < -0.3 is 9.80 Å². The van der Waals surface area contributed by atoms with E-state index in [1.165, 1.54) is 11.3 Å². The molecule has 0 bridgehead atoms. The van der Waals surface area contributed by atoms with Gasteiger partial charge in [-0.15, -0.1) is 11.3 Å². The first-order chi connectivity index (χ1) is 15.2. The summed E-state index contributed by atoms with van der Waals surface area (Å²) in [6.07, 6.45) is 3.42. The summed E-state index contributed by atoms with van der Waals surface area (Å²) in [6.45, 7) is 4.53. The van der Waals surface area contributed by atoms with Crippen LogP contribution < -0.4 is 0 Å². The predicted molar refractivity (Wildman–Crippen MR) is 119 cm³/mol. The molecule has 158 valence electrons. The second-order valence-corrected chi connectivity index (χ2v) is 8.72. The van der Waals surface area contributed by atoms with Crippen LogP contribution in [-0.4, -0.2) is 81.8 Å². The van der Waals surface area contributed by atoms with E-state index in [1.54, 1.807) is 12.4 Å². The van der Waals surface area contributed by atoms with Crippen molar-refractivity contribution in [1.29, 1.82) is 0 Å². The molecule has 0 unspecified atom stereocenters. The highest BCUT2D eigenvalue weighted by Gasteiger charge is 2.37. The molecule has 2 aliphatic rings. The van der Waals surface area contributed by atoms with Gasteiger partial charge in [0.2, 0.25) is 0 Å². The molecule has 2 aliphatic heterocycles. The summed E-state index contributed by atoms with van der Waals surface area (Å²) in [7, 11) is 0. The lowest BCUT2D eigenvalue weighted by atomic mass is 10.0. The third-order valence-corrected chi connectivity index (χ3v) is 6.71. The normalized spacial score (nSPS) is 17.4. The topological polar surface area (TPSA) is 69.6 Å². The van der Waals surface area contributed by atoms with Crippen molar-refractivity contribution in [2.45, 2.75) is 6.04 Å². The Bertz CT molecular complexity index is 1060. The van der Waals surface area contributed by atoms with Gasteiger partial charge in [0.1, 0.15) is 0 Å². The number of hydrogen-bond acceptors (Lipinski definition) is 6. The molecule has 3 aromatic rings. The first-order valence-corrected chi connectivity index (χ1v) is 11.3. The lowest BCUT2D eigenvalue weighted by Gasteiger charge is -2.48. The summed E-state index contributed by atoms with van der Waals surface area (Å²) < 4.78 is 0. The lowest BCUT2D eigenvalue weighted by Crippen LogP contribution is -2.64. The van der Waals surface area contributed by atoms with Gasteiger partial charge in [-0.3, -0.25) is 19.5 Å². The maximum absolute atomic E-state index is 12.9. The second kappa shape index (κ2) is 8.56. The number of piperazine rings is 1. The molecule has 31 heavy (non-hydrogen) atoms. The third kappa shape index (κ3) is 4.08. The number of carbonyl (C=O) groups is 2. The molecule has 4 heterocycles. The Hall–Kier alpha value is -3.10. The van der Waals surface area contributed by atoms with Gasteiger partial charge in [0.15, 0.2) is 5.01 Å². The van der Waals surface area contributed by atoms with E-state index >= 15 is 0 Å². The van der Waals surface area contributed by atoms with Crippen LogP contribution in [0.1, 0.15) is 20.2 Å². The zero-order chi connectivity index (χ0) is 21.2. The fraction of sp³-hybridized carbons (Fsp3) is 0.304. The standard InChI is InChI=1S/C23H23N5O2S/c29-22(18-5-3-4-17(14-18)20-6-1-2-7-24-20)28-15-19(16-28)26-9-11-27(12-10-26)23(30)21-25-8-13-31-21/h1-8,13-14,19H,9-12,15-16H2. The number of nitrogens with zero attached hydrogens (tertiary/aromatic N) is 5. The fourth-order valence-electron chi connectivity index (χ4n) is 4.13. The summed E-state index contributed by atoms with van der Waals surface area (Å²) in [6, 6.07) is 13.8. The average molecular weight is 434 g/mol. The van der Waals surface area contributed by atoms with Crippen LogP contribution in [0.4, 0.5) is 0 Å². The Kier molecular flexibility index (Phi) is 5.48. The first kappa shape index (κ1) is 19.8. The van der Waals surface area contributed by atoms with Gasteiger partial charge in [-0.25, -0.2) is 4.98 Å². The van der Waals surface area contributed by atoms with Crippen LogP contribution >= 0.6 is 11.3 Å². The Morgan fingerprint density at radius 1 is 0.871 bits per heavy atom. The van der Waals surface area contributed by atoms with Crippen molar-refractivity contribution in [2.75, 3.05) is 39.3 Å². The summed E-state index contributed by atoms with van der Waals surface area (Å²) in [5, 5.41) is 2.39. The van der Waals surface area contributed by atoms with Gasteiger partial charge in [0.25, 0.3) is 11.8 Å². The van der Waals surface area contributed by atoms with Gasteiger partial charge in [-0.1, -0.05) is 18.2 Å². The van der Waals surface area contributed by atoms with Crippen LogP contribution in [-0.2, 0) is 0 Å². The predicted octanol–water partition coefficient (Wildman–Crippen LogP) is 2.49. The number of amides is 2. The van der Waals surface area contributed by atoms with Crippen LogP contribution in [0.15, 0.2) is 60.2 Å². The minimum absolute atomic E-state index is 0.0212. The van der Waals surface area contributed by atoms with E-state index in [2.05, 4.69) is 14.9 Å². The molecule has 2 amide bonds. The second-order valence-electron chi connectivity index (χ2n) is 7.83. The van der Waals surface area contributed by atoms with Crippen LogP contribution in [0.5, 0.6) is 0 Å². The van der Waals surface area contributed by atoms with Gasteiger partial charge in [-0.05, 0) is 24.3 Å². The Labute approximate surface area is 185 Å². The number of pyridine rings is 1. The summed E-state index contributed by atoms with van der Waals surface area (Å²) >= 11 is 1.38. The number of benzene rings is 1. The van der Waals surface area contributed by atoms with E-state index in [0.29, 0.717) is 29.7 Å². The van der Waals surface area contributed by atoms with Crippen molar-refractivity contribution in [3.8, 4) is 11.3 Å². The molecule has 1 aromatic carbocycles. The monoisotopic (exact) mass is 433 g/mol. The molecular formula is C23H23N5O2S. The Morgan fingerprint density at radius 3 is 2.42 bits per heavy atom. The summed E-state index contributed by atoms with van der Waals surface area (Å²) in [4.78, 5) is 40.0. The van der Waals surface area contributed by atoms with E-state index in [4.69, 9.17) is 0 Å². The minimum Gasteiger partial charge on any atom is -0.335 e. The first-order valence-electron chi connectivity index (χ1n) is 10.4. The van der Waals surface area contributed by atoms with Crippen molar-refractivity contribution in [2.24, 2.45) is 0 Å². The summed E-state index contributed by atoms with van der Waals surface area (Å²) in [5.41, 5.74) is 2.51. The fourth-order valence-corrected chi connectivity index (χ4v) is 4.74. The molecule has 0 N–H and O–H groups in total. The molecular weight excluding hydrogens is 410 g/mol. The van der Waals surface area contributed by atoms with Crippen LogP contribution in [0.2, 0.25) is 0 Å². The molecule has 2 fully saturated rings. The van der Waals surface area contributed by atoms with Crippen molar-refractivity contribution >= 4 is 23.2 Å². The van der Waals surface area contributed by atoms with Gasteiger partial charge in [0, 0.05) is 74.2 Å². The zero-order valence-electron chi connectivity index (χ0n) is 17.1. The maximum atomic E-state index is 12.9. The van der Waals surface area contributed by atoms with Crippen molar-refractivity contribution in [1.82, 2.24) is 24.7 Å². The molecule has 7 nitrogen and oxygen atoms in total. The van der Waals surface area contributed by atoms with E-state index in [1.807, 2.05) is 57.6 Å². The number of carbonyl (C=O) groups excluding carboxylic acids is 2. The molecule has 0 aliphatic carbocycles. The quantitative estimate of drug-likeness (QED) is 0.632. The third-order valence-electron chi connectivity index (χ3n) is 5.95. The van der Waals surface area contributed by atoms with Gasteiger partial charge in [-0.2, -0.15) is 0 Å². The minimum atomic E-state index is 0.0212. The average Bonchev–Trinajstić information content (AvgIpc) is 3.34. The lowest BCUT2D eigenvalue weighted by molar-refractivity contribution is 0.00853. The van der Waals surface area contributed by atoms with Crippen LogP contribution in [0.3, 0.4) is 0 Å². The van der Waals surface area contributed by atoms with E-state index in [9.17, 15) is 9.59 Å². The SMILES string of the molecule is O=C(c1cccc(-c2ccccn2)c1)N1CC(N2CCN(C(=O)c3nccs3)CC2)C1. The zero-order valence-corrected chi connectivity index (χ0v) is 17.9. The van der Waals surface area contributed by atoms with Gasteiger partial charge >= 0.3 is 0 Å². The molecule has 8 heteroatoms. The molecule has 0 atom stereocenters. The molecule has 0 spiro atoms. The van der Waals surface area contributed by atoms with E-state index in [-0.39, 0.29) is 11.8 Å². The number of rotatable bonds is 4. The van der Waals surface area contributed by atoms with Crippen LogP contribution in [0, 0.1) is 0 Å². The molecule has 2 aromatic heterocycles. The molecule has 5 rings (SSSR count).